The minimum atomic E-state index is -4.63. The van der Waals surface area contributed by atoms with E-state index in [2.05, 4.69) is 30.6 Å². The number of halogens is 3. The molecule has 5 aromatic rings. The van der Waals surface area contributed by atoms with Crippen molar-refractivity contribution in [3.05, 3.63) is 109 Å². The van der Waals surface area contributed by atoms with E-state index < -0.39 is 17.6 Å². The van der Waals surface area contributed by atoms with Crippen molar-refractivity contribution in [3.63, 3.8) is 0 Å². The molecule has 0 bridgehead atoms. The zero-order valence-electron chi connectivity index (χ0n) is 19.9. The van der Waals surface area contributed by atoms with E-state index in [-0.39, 0.29) is 16.9 Å². The summed E-state index contributed by atoms with van der Waals surface area (Å²) in [6, 6.07) is 13.9. The molecule has 0 aliphatic rings. The van der Waals surface area contributed by atoms with Gasteiger partial charge in [-0.3, -0.25) is 9.78 Å². The number of nitrogens with zero attached hydrogens (tertiary/aromatic N) is 5. The first-order chi connectivity index (χ1) is 18.3. The number of benzene rings is 2. The third-order valence-electron chi connectivity index (χ3n) is 5.70. The van der Waals surface area contributed by atoms with Crippen LogP contribution < -0.4 is 10.6 Å². The molecule has 5 rings (SSSR count). The van der Waals surface area contributed by atoms with Gasteiger partial charge in [-0.25, -0.2) is 15.0 Å². The Bertz CT molecular complexity index is 1590. The van der Waals surface area contributed by atoms with Crippen molar-refractivity contribution in [2.45, 2.75) is 13.1 Å². The number of carbonyl (C=O) groups excluding carboxylic acids is 1. The van der Waals surface area contributed by atoms with Crippen molar-refractivity contribution < 1.29 is 18.0 Å². The van der Waals surface area contributed by atoms with Gasteiger partial charge in [-0.1, -0.05) is 6.07 Å². The van der Waals surface area contributed by atoms with Crippen LogP contribution in [0, 0.1) is 6.92 Å². The van der Waals surface area contributed by atoms with Crippen LogP contribution in [0.2, 0.25) is 0 Å². The van der Waals surface area contributed by atoms with Gasteiger partial charge in [0.15, 0.2) is 0 Å². The molecule has 0 unspecified atom stereocenters. The number of aryl methyl sites for hydroxylation is 1. The lowest BCUT2D eigenvalue weighted by Gasteiger charge is -2.16. The second kappa shape index (κ2) is 10.1. The van der Waals surface area contributed by atoms with Crippen LogP contribution in [0.4, 0.5) is 30.5 Å². The second-order valence-electron chi connectivity index (χ2n) is 8.32. The molecule has 0 saturated heterocycles. The number of hydrogen-bond acceptors (Lipinski definition) is 6. The standard InChI is InChI=1S/C27H20F3N7O/c1-17-4-5-18(13-23(17)36-26-33-10-8-22(35-26)19-3-2-9-31-15-19)25(38)34-20-6-7-24(37-12-11-32-16-37)21(14-20)27(28,29)30/h2-16H,1H3,(H,34,38)(H,33,35,36). The summed E-state index contributed by atoms with van der Waals surface area (Å²) in [5.74, 6) is -0.251. The molecule has 3 heterocycles. The summed E-state index contributed by atoms with van der Waals surface area (Å²) in [6.07, 6.45) is 4.41. The van der Waals surface area contributed by atoms with Crippen molar-refractivity contribution in [1.82, 2.24) is 24.5 Å². The molecule has 0 fully saturated rings. The van der Waals surface area contributed by atoms with E-state index in [1.807, 2.05) is 13.0 Å². The average Bonchev–Trinajstić information content (AvgIpc) is 3.45. The number of aromatic nitrogens is 5. The van der Waals surface area contributed by atoms with Crippen LogP contribution in [0.1, 0.15) is 21.5 Å². The van der Waals surface area contributed by atoms with Crippen molar-refractivity contribution in [3.8, 4) is 16.9 Å². The van der Waals surface area contributed by atoms with Gasteiger partial charge in [0.1, 0.15) is 0 Å². The van der Waals surface area contributed by atoms with E-state index in [4.69, 9.17) is 0 Å². The molecule has 0 atom stereocenters. The molecule has 0 aliphatic carbocycles. The molecule has 2 aromatic carbocycles. The van der Waals surface area contributed by atoms with Crippen molar-refractivity contribution in [1.29, 1.82) is 0 Å². The monoisotopic (exact) mass is 515 g/mol. The molecule has 0 spiro atoms. The summed E-state index contributed by atoms with van der Waals surface area (Å²) in [6.45, 7) is 1.85. The molecule has 0 radical (unpaired) electrons. The zero-order chi connectivity index (χ0) is 26.7. The highest BCUT2D eigenvalue weighted by molar-refractivity contribution is 6.05. The highest BCUT2D eigenvalue weighted by Gasteiger charge is 2.34. The highest BCUT2D eigenvalue weighted by Crippen LogP contribution is 2.35. The number of carbonyl (C=O) groups is 1. The van der Waals surface area contributed by atoms with Crippen molar-refractivity contribution in [2.24, 2.45) is 0 Å². The van der Waals surface area contributed by atoms with E-state index >= 15 is 0 Å². The Kier molecular flexibility index (Phi) is 6.56. The first-order valence-corrected chi connectivity index (χ1v) is 11.4. The maximum atomic E-state index is 13.8. The number of nitrogens with one attached hydrogen (secondary N) is 2. The highest BCUT2D eigenvalue weighted by atomic mass is 19.4. The van der Waals surface area contributed by atoms with Gasteiger partial charge in [0.25, 0.3) is 5.91 Å². The quantitative estimate of drug-likeness (QED) is 0.286. The van der Waals surface area contributed by atoms with E-state index in [1.165, 1.54) is 35.4 Å². The van der Waals surface area contributed by atoms with Gasteiger partial charge in [-0.15, -0.1) is 0 Å². The number of imidazole rings is 1. The number of pyridine rings is 1. The normalized spacial score (nSPS) is 11.3. The zero-order valence-corrected chi connectivity index (χ0v) is 19.9. The Morgan fingerprint density at radius 3 is 2.58 bits per heavy atom. The number of rotatable bonds is 6. The molecule has 0 aliphatic heterocycles. The Hall–Kier alpha value is -5.06. The van der Waals surface area contributed by atoms with E-state index in [1.54, 1.807) is 48.9 Å². The first kappa shape index (κ1) is 24.6. The van der Waals surface area contributed by atoms with Gasteiger partial charge >= 0.3 is 6.18 Å². The maximum absolute atomic E-state index is 13.8. The summed E-state index contributed by atoms with van der Waals surface area (Å²) in [5, 5.41) is 5.67. The SMILES string of the molecule is Cc1ccc(C(=O)Nc2ccc(-n3ccnc3)c(C(F)(F)F)c2)cc1Nc1nccc(-c2cccnc2)n1. The number of amides is 1. The molecule has 11 heteroatoms. The van der Waals surface area contributed by atoms with E-state index in [9.17, 15) is 18.0 Å². The van der Waals surface area contributed by atoms with Crippen LogP contribution in [-0.4, -0.2) is 30.4 Å². The fraction of sp³-hybridized carbons (Fsp3) is 0.0741. The number of alkyl halides is 3. The number of anilines is 3. The summed E-state index contributed by atoms with van der Waals surface area (Å²) < 4.78 is 42.5. The lowest BCUT2D eigenvalue weighted by Crippen LogP contribution is -2.15. The van der Waals surface area contributed by atoms with Crippen molar-refractivity contribution >= 4 is 23.2 Å². The third kappa shape index (κ3) is 5.36. The Morgan fingerprint density at radius 2 is 1.84 bits per heavy atom. The average molecular weight is 515 g/mol. The van der Waals surface area contributed by atoms with Crippen molar-refractivity contribution in [2.75, 3.05) is 10.6 Å². The van der Waals surface area contributed by atoms with Crippen LogP contribution in [0.3, 0.4) is 0 Å². The summed E-state index contributed by atoms with van der Waals surface area (Å²) in [7, 11) is 0. The molecule has 1 amide bonds. The summed E-state index contributed by atoms with van der Waals surface area (Å²) >= 11 is 0. The summed E-state index contributed by atoms with van der Waals surface area (Å²) in [5.41, 5.74) is 2.14. The molecule has 8 nitrogen and oxygen atoms in total. The van der Waals surface area contributed by atoms with Crippen LogP contribution in [0.15, 0.2) is 91.9 Å². The lowest BCUT2D eigenvalue weighted by molar-refractivity contribution is -0.137. The van der Waals surface area contributed by atoms with Crippen LogP contribution >= 0.6 is 0 Å². The maximum Gasteiger partial charge on any atom is 0.418 e. The lowest BCUT2D eigenvalue weighted by atomic mass is 10.1. The Balaban J connectivity index is 1.38. The number of hydrogen-bond donors (Lipinski definition) is 2. The van der Waals surface area contributed by atoms with Crippen LogP contribution in [-0.2, 0) is 6.18 Å². The Morgan fingerprint density at radius 1 is 0.974 bits per heavy atom. The molecular formula is C27H20F3N7O. The molecule has 0 saturated carbocycles. The van der Waals surface area contributed by atoms with E-state index in [0.717, 1.165) is 17.2 Å². The molecule has 38 heavy (non-hydrogen) atoms. The minimum Gasteiger partial charge on any atom is -0.324 e. The van der Waals surface area contributed by atoms with Crippen LogP contribution in [0.5, 0.6) is 0 Å². The van der Waals surface area contributed by atoms with Gasteiger partial charge in [-0.2, -0.15) is 13.2 Å². The molecule has 2 N–H and O–H groups in total. The van der Waals surface area contributed by atoms with Gasteiger partial charge in [-0.05, 0) is 61.0 Å². The predicted molar refractivity (Wildman–Crippen MR) is 136 cm³/mol. The van der Waals surface area contributed by atoms with Gasteiger partial charge < -0.3 is 15.2 Å². The Labute approximate surface area is 215 Å². The fourth-order valence-electron chi connectivity index (χ4n) is 3.78. The van der Waals surface area contributed by atoms with E-state index in [0.29, 0.717) is 17.3 Å². The van der Waals surface area contributed by atoms with Gasteiger partial charge in [0.05, 0.1) is 23.3 Å². The third-order valence-corrected chi connectivity index (χ3v) is 5.70. The predicted octanol–water partition coefficient (Wildman–Crippen LogP) is 6.05. The topological polar surface area (TPSA) is 97.6 Å². The minimum absolute atomic E-state index is 0.00813. The molecule has 190 valence electrons. The fourth-order valence-corrected chi connectivity index (χ4v) is 3.78. The second-order valence-corrected chi connectivity index (χ2v) is 8.32. The van der Waals surface area contributed by atoms with Gasteiger partial charge in [0.2, 0.25) is 5.95 Å². The molecule has 3 aromatic heterocycles. The summed E-state index contributed by atoms with van der Waals surface area (Å²) in [4.78, 5) is 29.6. The smallest absolute Gasteiger partial charge is 0.324 e. The van der Waals surface area contributed by atoms with Gasteiger partial charge in [0, 0.05) is 53.5 Å². The molecular weight excluding hydrogens is 495 g/mol. The van der Waals surface area contributed by atoms with Crippen LogP contribution in [0.25, 0.3) is 16.9 Å². The largest absolute Gasteiger partial charge is 0.418 e. The first-order valence-electron chi connectivity index (χ1n) is 11.4.